The lowest BCUT2D eigenvalue weighted by atomic mass is 10.00. The maximum absolute atomic E-state index is 9.91. The van der Waals surface area contributed by atoms with Gasteiger partial charge in [0.2, 0.25) is 0 Å². The maximum atomic E-state index is 9.91. The largest absolute Gasteiger partial charge is 0.397 e. The monoisotopic (exact) mass is 225 g/mol. The molecule has 1 rings (SSSR count). The summed E-state index contributed by atoms with van der Waals surface area (Å²) in [5, 5.41) is 22.5. The van der Waals surface area contributed by atoms with E-state index < -0.39 is 12.2 Å². The number of nitrogen functional groups attached to an aromatic ring is 2. The van der Waals surface area contributed by atoms with E-state index in [1.165, 1.54) is 0 Å². The van der Waals surface area contributed by atoms with E-state index >= 15 is 0 Å². The second kappa shape index (κ2) is 5.69. The van der Waals surface area contributed by atoms with Gasteiger partial charge in [0, 0.05) is 5.56 Å². The molecule has 0 saturated carbocycles. The van der Waals surface area contributed by atoms with Crippen LogP contribution in [0.4, 0.5) is 11.4 Å². The normalized spacial score (nSPS) is 14.7. The Balaban J connectivity index is 2.79. The summed E-state index contributed by atoms with van der Waals surface area (Å²) >= 11 is 0. The first kappa shape index (κ1) is 12.8. The van der Waals surface area contributed by atoms with E-state index in [0.717, 1.165) is 0 Å². The molecule has 2 unspecified atom stereocenters. The third-order valence-electron chi connectivity index (χ3n) is 2.55. The van der Waals surface area contributed by atoms with Gasteiger partial charge in [-0.1, -0.05) is 12.1 Å². The molecule has 5 heteroatoms. The van der Waals surface area contributed by atoms with Crippen LogP contribution in [0.1, 0.15) is 18.1 Å². The van der Waals surface area contributed by atoms with Gasteiger partial charge in [0.25, 0.3) is 0 Å². The molecule has 90 valence electrons. The van der Waals surface area contributed by atoms with Gasteiger partial charge in [-0.25, -0.2) is 0 Å². The molecule has 0 bridgehead atoms. The molecule has 1 aromatic rings. The molecule has 0 radical (unpaired) electrons. The highest BCUT2D eigenvalue weighted by Crippen LogP contribution is 2.28. The number of anilines is 2. The Morgan fingerprint density at radius 3 is 2.62 bits per heavy atom. The smallest absolute Gasteiger partial charge is 0.107 e. The van der Waals surface area contributed by atoms with E-state index in [4.69, 9.17) is 11.5 Å². The number of nitrogens with two attached hydrogens (primary N) is 2. The molecule has 0 spiro atoms. The van der Waals surface area contributed by atoms with Crippen LogP contribution in [0.15, 0.2) is 18.2 Å². The average molecular weight is 225 g/mol. The highest BCUT2D eigenvalue weighted by molar-refractivity contribution is 5.67. The van der Waals surface area contributed by atoms with Crippen molar-refractivity contribution in [3.63, 3.8) is 0 Å². The Morgan fingerprint density at radius 2 is 2.00 bits per heavy atom. The van der Waals surface area contributed by atoms with E-state index in [1.807, 2.05) is 0 Å². The van der Waals surface area contributed by atoms with Gasteiger partial charge in [0.15, 0.2) is 0 Å². The van der Waals surface area contributed by atoms with Crippen LogP contribution in [0.2, 0.25) is 0 Å². The van der Waals surface area contributed by atoms with Crippen molar-refractivity contribution in [1.29, 1.82) is 0 Å². The summed E-state index contributed by atoms with van der Waals surface area (Å²) in [6.07, 6.45) is -1.40. The van der Waals surface area contributed by atoms with Crippen molar-refractivity contribution >= 4 is 11.4 Å². The van der Waals surface area contributed by atoms with Crippen LogP contribution in [0.25, 0.3) is 0 Å². The van der Waals surface area contributed by atoms with Crippen LogP contribution >= 0.6 is 0 Å². The van der Waals surface area contributed by atoms with Crippen molar-refractivity contribution in [2.45, 2.75) is 18.6 Å². The van der Waals surface area contributed by atoms with Crippen molar-refractivity contribution < 1.29 is 10.2 Å². The molecule has 7 N–H and O–H groups in total. The molecule has 0 amide bonds. The summed E-state index contributed by atoms with van der Waals surface area (Å²) in [4.78, 5) is 0. The number of aliphatic hydroxyl groups excluding tert-OH is 2. The highest BCUT2D eigenvalue weighted by atomic mass is 16.3. The van der Waals surface area contributed by atoms with E-state index in [0.29, 0.717) is 29.9 Å². The van der Waals surface area contributed by atoms with Gasteiger partial charge in [-0.15, -0.1) is 0 Å². The number of hydrogen-bond donors (Lipinski definition) is 5. The molecule has 0 aliphatic heterocycles. The third kappa shape index (κ3) is 2.85. The predicted octanol–water partition coefficient (Wildman–Crippen LogP) is -0.145. The minimum absolute atomic E-state index is 0.332. The molecule has 0 heterocycles. The zero-order chi connectivity index (χ0) is 12.1. The number of rotatable bonds is 5. The van der Waals surface area contributed by atoms with Gasteiger partial charge in [0.1, 0.15) is 6.10 Å². The van der Waals surface area contributed by atoms with Crippen molar-refractivity contribution in [3.05, 3.63) is 23.8 Å². The van der Waals surface area contributed by atoms with Crippen LogP contribution < -0.4 is 16.8 Å². The summed E-state index contributed by atoms with van der Waals surface area (Å²) in [7, 11) is 1.79. The van der Waals surface area contributed by atoms with E-state index in [2.05, 4.69) is 5.32 Å². The molecule has 0 aliphatic carbocycles. The third-order valence-corrected chi connectivity index (χ3v) is 2.55. The molecule has 0 aliphatic rings. The Morgan fingerprint density at radius 1 is 1.31 bits per heavy atom. The Labute approximate surface area is 95.1 Å². The minimum atomic E-state index is -1.00. The van der Waals surface area contributed by atoms with Gasteiger partial charge in [0.05, 0.1) is 17.5 Å². The lowest BCUT2D eigenvalue weighted by Crippen LogP contribution is -2.24. The Hall–Kier alpha value is -1.30. The second-order valence-electron chi connectivity index (χ2n) is 3.75. The summed E-state index contributed by atoms with van der Waals surface area (Å²) in [6.45, 7) is 0.625. The molecule has 5 nitrogen and oxygen atoms in total. The van der Waals surface area contributed by atoms with Crippen molar-refractivity contribution in [2.24, 2.45) is 0 Å². The molecule has 1 aromatic carbocycles. The fourth-order valence-electron chi connectivity index (χ4n) is 1.52. The molecule has 0 fully saturated rings. The summed E-state index contributed by atoms with van der Waals surface area (Å²) in [6, 6.07) is 5.03. The lowest BCUT2D eigenvalue weighted by molar-refractivity contribution is 0.0145. The standard InChI is InChI=1S/C11H19N3O2/c1-14-6-5-9(15)11(16)7-3-2-4-8(12)10(7)13/h2-4,9,11,14-16H,5-6,12-13H2,1H3. The molecular weight excluding hydrogens is 206 g/mol. The quantitative estimate of drug-likeness (QED) is 0.448. The van der Waals surface area contributed by atoms with Crippen LogP contribution in [0, 0.1) is 0 Å². The molecule has 0 aromatic heterocycles. The van der Waals surface area contributed by atoms with Gasteiger partial charge in [-0.05, 0) is 26.1 Å². The average Bonchev–Trinajstić information content (AvgIpc) is 2.28. The lowest BCUT2D eigenvalue weighted by Gasteiger charge is -2.20. The first-order chi connectivity index (χ1) is 7.57. The first-order valence-corrected chi connectivity index (χ1v) is 5.22. The molecule has 0 saturated heterocycles. The van der Waals surface area contributed by atoms with Crippen molar-refractivity contribution in [1.82, 2.24) is 5.32 Å². The summed E-state index contributed by atoms with van der Waals surface area (Å²) < 4.78 is 0. The minimum Gasteiger partial charge on any atom is -0.397 e. The highest BCUT2D eigenvalue weighted by Gasteiger charge is 2.20. The second-order valence-corrected chi connectivity index (χ2v) is 3.75. The Kier molecular flexibility index (Phi) is 4.54. The van der Waals surface area contributed by atoms with Crippen LogP contribution in [-0.4, -0.2) is 29.9 Å². The van der Waals surface area contributed by atoms with Crippen LogP contribution in [0.5, 0.6) is 0 Å². The maximum Gasteiger partial charge on any atom is 0.107 e. The number of hydrogen-bond acceptors (Lipinski definition) is 5. The molecule has 16 heavy (non-hydrogen) atoms. The Bertz CT molecular complexity index is 344. The number of benzene rings is 1. The SMILES string of the molecule is CNCCC(O)C(O)c1cccc(N)c1N. The van der Waals surface area contributed by atoms with Crippen LogP contribution in [0.3, 0.4) is 0 Å². The number of nitrogens with one attached hydrogen (secondary N) is 1. The fourth-order valence-corrected chi connectivity index (χ4v) is 1.52. The molecular formula is C11H19N3O2. The zero-order valence-corrected chi connectivity index (χ0v) is 9.35. The van der Waals surface area contributed by atoms with Gasteiger partial charge in [-0.3, -0.25) is 0 Å². The van der Waals surface area contributed by atoms with E-state index in [1.54, 1.807) is 25.2 Å². The summed E-state index contributed by atoms with van der Waals surface area (Å²) in [5.74, 6) is 0. The first-order valence-electron chi connectivity index (χ1n) is 5.22. The van der Waals surface area contributed by atoms with Crippen molar-refractivity contribution in [3.8, 4) is 0 Å². The predicted molar refractivity (Wildman–Crippen MR) is 64.8 cm³/mol. The fraction of sp³-hybridized carbons (Fsp3) is 0.455. The topological polar surface area (TPSA) is 105 Å². The zero-order valence-electron chi connectivity index (χ0n) is 9.35. The van der Waals surface area contributed by atoms with Gasteiger partial charge < -0.3 is 27.0 Å². The van der Waals surface area contributed by atoms with Gasteiger partial charge in [-0.2, -0.15) is 0 Å². The summed E-state index contributed by atoms with van der Waals surface area (Å²) in [5.41, 5.74) is 12.6. The van der Waals surface area contributed by atoms with Gasteiger partial charge >= 0.3 is 0 Å². The van der Waals surface area contributed by atoms with E-state index in [9.17, 15) is 10.2 Å². The number of aliphatic hydroxyl groups is 2. The van der Waals surface area contributed by atoms with Crippen molar-refractivity contribution in [2.75, 3.05) is 25.1 Å². The van der Waals surface area contributed by atoms with E-state index in [-0.39, 0.29) is 0 Å². The molecule has 2 atom stereocenters. The van der Waals surface area contributed by atoms with Crippen LogP contribution in [-0.2, 0) is 0 Å². The number of para-hydroxylation sites is 1.